The van der Waals surface area contributed by atoms with Gasteiger partial charge in [0.1, 0.15) is 4.83 Å². The van der Waals surface area contributed by atoms with E-state index in [1.54, 1.807) is 15.9 Å². The molecule has 0 bridgehead atoms. The number of hydrogen-bond donors (Lipinski definition) is 0. The lowest BCUT2D eigenvalue weighted by atomic mass is 9.94. The number of fused-ring (bicyclic) bond motifs is 5. The smallest absolute Gasteiger partial charge is 0.268 e. The van der Waals surface area contributed by atoms with Crippen LogP contribution in [0.15, 0.2) is 70.6 Å². The van der Waals surface area contributed by atoms with Crippen LogP contribution in [0.3, 0.4) is 0 Å². The van der Waals surface area contributed by atoms with Crippen molar-refractivity contribution in [2.24, 2.45) is 0 Å². The molecule has 0 aliphatic carbocycles. The van der Waals surface area contributed by atoms with Crippen LogP contribution in [0.25, 0.3) is 21.7 Å². The van der Waals surface area contributed by atoms with Crippen LogP contribution in [-0.2, 0) is 17.8 Å². The zero-order valence-electron chi connectivity index (χ0n) is 19.2. The van der Waals surface area contributed by atoms with Gasteiger partial charge in [0.05, 0.1) is 29.0 Å². The third-order valence-electron chi connectivity index (χ3n) is 6.15. The van der Waals surface area contributed by atoms with Crippen molar-refractivity contribution in [2.75, 3.05) is 5.75 Å². The van der Waals surface area contributed by atoms with Crippen LogP contribution in [0.4, 0.5) is 0 Å². The number of ketones is 1. The summed E-state index contributed by atoms with van der Waals surface area (Å²) in [5.41, 5.74) is 1.94. The minimum atomic E-state index is -0.354. The molecular formula is C26H22N4O3S2. The first kappa shape index (κ1) is 22.2. The Kier molecular flexibility index (Phi) is 5.36. The monoisotopic (exact) mass is 502 g/mol. The van der Waals surface area contributed by atoms with Crippen LogP contribution in [0, 0.1) is 0 Å². The first-order valence-electron chi connectivity index (χ1n) is 11.3. The van der Waals surface area contributed by atoms with E-state index >= 15 is 0 Å². The van der Waals surface area contributed by atoms with E-state index in [-0.39, 0.29) is 22.7 Å². The first-order valence-corrected chi connectivity index (χ1v) is 13.1. The third kappa shape index (κ3) is 3.80. The largest absolute Gasteiger partial charge is 0.370 e. The van der Waals surface area contributed by atoms with Gasteiger partial charge in [-0.2, -0.15) is 0 Å². The van der Waals surface area contributed by atoms with E-state index in [2.05, 4.69) is 10.2 Å². The number of Topliss-reactive ketones (excluding diaryl/α,β-unsaturated/α-hetero) is 1. The maximum absolute atomic E-state index is 13.9. The van der Waals surface area contributed by atoms with Crippen LogP contribution < -0.4 is 5.56 Å². The average Bonchev–Trinajstić information content (AvgIpc) is 3.44. The van der Waals surface area contributed by atoms with Gasteiger partial charge in [-0.3, -0.25) is 9.59 Å². The summed E-state index contributed by atoms with van der Waals surface area (Å²) in [6, 6.07) is 18.7. The molecule has 0 radical (unpaired) electrons. The summed E-state index contributed by atoms with van der Waals surface area (Å²) in [4.78, 5) is 28.5. The van der Waals surface area contributed by atoms with Crippen LogP contribution >= 0.6 is 23.1 Å². The molecule has 0 fully saturated rings. The summed E-state index contributed by atoms with van der Waals surface area (Å²) in [5.74, 6) is 0.667. The molecule has 3 aromatic heterocycles. The van der Waals surface area contributed by atoms with Gasteiger partial charge in [-0.15, -0.1) is 21.5 Å². The predicted octanol–water partition coefficient (Wildman–Crippen LogP) is 4.92. The highest BCUT2D eigenvalue weighted by Gasteiger charge is 2.32. The highest BCUT2D eigenvalue weighted by Crippen LogP contribution is 2.39. The lowest BCUT2D eigenvalue weighted by Gasteiger charge is -2.29. The molecule has 1 aliphatic rings. The number of para-hydroxylation sites is 1. The van der Waals surface area contributed by atoms with Crippen LogP contribution in [-0.4, -0.2) is 36.3 Å². The topological polar surface area (TPSA) is 78.5 Å². The molecule has 0 spiro atoms. The second-order valence-corrected chi connectivity index (χ2v) is 11.1. The molecule has 1 aliphatic heterocycles. The van der Waals surface area contributed by atoms with Crippen molar-refractivity contribution in [3.63, 3.8) is 0 Å². The Morgan fingerprint density at radius 2 is 1.80 bits per heavy atom. The number of hydrogen-bond acceptors (Lipinski definition) is 7. The Morgan fingerprint density at radius 1 is 1.09 bits per heavy atom. The fraction of sp³-hybridized carbons (Fsp3) is 0.231. The van der Waals surface area contributed by atoms with Crippen LogP contribution in [0.5, 0.6) is 0 Å². The fourth-order valence-electron chi connectivity index (χ4n) is 4.45. The Bertz CT molecular complexity index is 1640. The molecule has 0 N–H and O–H groups in total. The number of aromatic nitrogens is 4. The minimum absolute atomic E-state index is 0.0144. The molecule has 0 atom stereocenters. The number of carbonyl (C=O) groups excluding carboxylic acids is 1. The number of thioether (sulfide) groups is 1. The van der Waals surface area contributed by atoms with E-state index in [1.165, 1.54) is 11.8 Å². The van der Waals surface area contributed by atoms with Crippen molar-refractivity contribution >= 4 is 44.9 Å². The van der Waals surface area contributed by atoms with Gasteiger partial charge < -0.3 is 4.74 Å². The van der Waals surface area contributed by atoms with Gasteiger partial charge in [-0.25, -0.2) is 8.97 Å². The second kappa shape index (κ2) is 8.44. The Balaban J connectivity index is 1.55. The van der Waals surface area contributed by atoms with Gasteiger partial charge in [0.15, 0.2) is 10.9 Å². The SMILES string of the molecule is CC1(C)Cc2c(sc3c2c(=O)n(-c2ccccc2)c2nnc(SCC(=O)c4ccccc4)n32)CO1. The molecule has 0 unspecified atom stereocenters. The van der Waals surface area contributed by atoms with Crippen molar-refractivity contribution in [3.05, 3.63) is 87.0 Å². The molecule has 6 rings (SSSR count). The van der Waals surface area contributed by atoms with Gasteiger partial charge in [0.2, 0.25) is 5.78 Å². The Hall–Kier alpha value is -3.27. The number of nitrogens with zero attached hydrogens (tertiary/aromatic N) is 4. The number of thiophene rings is 1. The van der Waals surface area contributed by atoms with Gasteiger partial charge in [-0.1, -0.05) is 60.3 Å². The summed E-state index contributed by atoms with van der Waals surface area (Å²) in [7, 11) is 0. The lowest BCUT2D eigenvalue weighted by molar-refractivity contribution is -0.0379. The Morgan fingerprint density at radius 3 is 2.54 bits per heavy atom. The summed E-state index contributed by atoms with van der Waals surface area (Å²) in [5, 5.41) is 10.1. The normalized spacial score (nSPS) is 14.9. The number of carbonyl (C=O) groups is 1. The molecular weight excluding hydrogens is 480 g/mol. The van der Waals surface area contributed by atoms with Gasteiger partial charge in [-0.05, 0) is 31.5 Å². The van der Waals surface area contributed by atoms with E-state index in [0.717, 1.165) is 21.0 Å². The molecule has 0 amide bonds. The van der Waals surface area contributed by atoms with E-state index in [1.807, 2.05) is 78.9 Å². The third-order valence-corrected chi connectivity index (χ3v) is 8.27. The summed E-state index contributed by atoms with van der Waals surface area (Å²) in [6.07, 6.45) is 0.648. The van der Waals surface area contributed by atoms with Crippen LogP contribution in [0.1, 0.15) is 34.6 Å². The predicted molar refractivity (Wildman–Crippen MR) is 138 cm³/mol. The lowest BCUT2D eigenvalue weighted by Crippen LogP contribution is -2.32. The van der Waals surface area contributed by atoms with E-state index in [0.29, 0.717) is 34.9 Å². The first-order chi connectivity index (χ1) is 16.9. The maximum Gasteiger partial charge on any atom is 0.268 e. The number of rotatable bonds is 5. The maximum atomic E-state index is 13.9. The zero-order valence-corrected chi connectivity index (χ0v) is 20.9. The van der Waals surface area contributed by atoms with Gasteiger partial charge >= 0.3 is 0 Å². The van der Waals surface area contributed by atoms with Crippen molar-refractivity contribution in [3.8, 4) is 5.69 Å². The molecule has 0 saturated carbocycles. The van der Waals surface area contributed by atoms with Crippen LogP contribution in [0.2, 0.25) is 0 Å². The Labute approximate surface area is 209 Å². The fourth-order valence-corrected chi connectivity index (χ4v) is 6.55. The van der Waals surface area contributed by atoms with Crippen molar-refractivity contribution < 1.29 is 9.53 Å². The molecule has 176 valence electrons. The standard InChI is InChI=1S/C26H22N4O3S2/c1-26(2)13-18-20(14-33-26)35-23-21(18)22(32)29(17-11-7-4-8-12-17)24-27-28-25(30(23)24)34-15-19(31)16-9-5-3-6-10-16/h3-12H,13-15H2,1-2H3. The van der Waals surface area contributed by atoms with Crippen molar-refractivity contribution in [1.82, 2.24) is 19.2 Å². The number of benzene rings is 2. The number of ether oxygens (including phenoxy) is 1. The highest BCUT2D eigenvalue weighted by molar-refractivity contribution is 7.99. The molecule has 0 saturated heterocycles. The molecule has 35 heavy (non-hydrogen) atoms. The van der Waals surface area contributed by atoms with E-state index < -0.39 is 0 Å². The van der Waals surface area contributed by atoms with Gasteiger partial charge in [0, 0.05) is 16.9 Å². The molecule has 9 heteroatoms. The highest BCUT2D eigenvalue weighted by atomic mass is 32.2. The van der Waals surface area contributed by atoms with Gasteiger partial charge in [0.25, 0.3) is 5.56 Å². The van der Waals surface area contributed by atoms with E-state index in [4.69, 9.17) is 4.74 Å². The summed E-state index contributed by atoms with van der Waals surface area (Å²) < 4.78 is 9.58. The molecule has 7 nitrogen and oxygen atoms in total. The average molecular weight is 503 g/mol. The second-order valence-electron chi connectivity index (χ2n) is 9.08. The quantitative estimate of drug-likeness (QED) is 0.251. The van der Waals surface area contributed by atoms with E-state index in [9.17, 15) is 9.59 Å². The summed E-state index contributed by atoms with van der Waals surface area (Å²) in [6.45, 7) is 4.55. The van der Waals surface area contributed by atoms with Crippen molar-refractivity contribution in [2.45, 2.75) is 37.6 Å². The summed E-state index contributed by atoms with van der Waals surface area (Å²) >= 11 is 2.87. The molecule has 5 aromatic rings. The molecule has 4 heterocycles. The molecule has 2 aromatic carbocycles. The zero-order chi connectivity index (χ0) is 24.2. The van der Waals surface area contributed by atoms with Crippen molar-refractivity contribution in [1.29, 1.82) is 0 Å². The minimum Gasteiger partial charge on any atom is -0.370 e.